The molecule has 0 atom stereocenters. The summed E-state index contributed by atoms with van der Waals surface area (Å²) < 4.78 is 0. The topological polar surface area (TPSA) is 64.6 Å². The van der Waals surface area contributed by atoms with Gasteiger partial charge in [0.15, 0.2) is 0 Å². The first-order valence-electron chi connectivity index (χ1n) is 10.1. The first kappa shape index (κ1) is 39.9. The molecule has 0 aromatic heterocycles. The molecule has 2 rings (SSSR count). The maximum absolute atomic E-state index is 8.64. The van der Waals surface area contributed by atoms with Gasteiger partial charge >= 0.3 is 103 Å². The Morgan fingerprint density at radius 3 is 1.72 bits per heavy atom. The minimum absolute atomic E-state index is 0. The number of piperidine rings is 2. The minimum Gasteiger partial charge on any atom is -1.00 e. The fourth-order valence-corrected chi connectivity index (χ4v) is 3.38. The van der Waals surface area contributed by atoms with Crippen LogP contribution in [-0.2, 0) is 9.68 Å². The van der Waals surface area contributed by atoms with Crippen LogP contribution in [0, 0.1) is 0 Å². The van der Waals surface area contributed by atoms with Gasteiger partial charge in [0.25, 0.3) is 6.47 Å². The molecular weight excluding hydrogens is 533 g/mol. The van der Waals surface area contributed by atoms with Crippen molar-refractivity contribution >= 4 is 45.6 Å². The van der Waals surface area contributed by atoms with E-state index in [1.165, 1.54) is 90.5 Å². The largest absolute Gasteiger partial charge is 1.00 e. The monoisotopic (exact) mass is 570 g/mol. The first-order chi connectivity index (χ1) is 13.3. The van der Waals surface area contributed by atoms with Crippen molar-refractivity contribution in [2.45, 2.75) is 64.2 Å². The van der Waals surface area contributed by atoms with Gasteiger partial charge in [0.1, 0.15) is 0 Å². The van der Waals surface area contributed by atoms with E-state index in [1.54, 1.807) is 0 Å². The SMILES string of the molecule is C1CCNCC1.ClCCCCBr.ClCCCCN1CCCCC1.O=CO[O-].[H-].[K+].[K+]. The molecule has 0 bridgehead atoms. The van der Waals surface area contributed by atoms with Crippen LogP contribution in [0.1, 0.15) is 65.6 Å². The number of nitrogens with one attached hydrogen (secondary N) is 1. The Kier molecular flexibility index (Phi) is 53.5. The Balaban J connectivity index is -0.0000000961. The Morgan fingerprint density at radius 1 is 0.931 bits per heavy atom. The molecule has 0 aliphatic carbocycles. The third kappa shape index (κ3) is 39.2. The summed E-state index contributed by atoms with van der Waals surface area (Å²) in [5, 5.41) is 12.8. The predicted molar refractivity (Wildman–Crippen MR) is 119 cm³/mol. The molecule has 0 aromatic rings. The molecule has 2 aliphatic rings. The second-order valence-electron chi connectivity index (χ2n) is 6.39. The number of alkyl halides is 3. The van der Waals surface area contributed by atoms with Crippen molar-refractivity contribution in [3.8, 4) is 0 Å². The third-order valence-electron chi connectivity index (χ3n) is 4.07. The maximum Gasteiger partial charge on any atom is 1.00 e. The number of hydrogen-bond acceptors (Lipinski definition) is 5. The molecule has 0 radical (unpaired) electrons. The van der Waals surface area contributed by atoms with E-state index >= 15 is 0 Å². The molecule has 0 aromatic carbocycles. The number of nitrogens with zero attached hydrogens (tertiary/aromatic N) is 1. The van der Waals surface area contributed by atoms with Crippen molar-refractivity contribution in [2.75, 3.05) is 49.8 Å². The quantitative estimate of drug-likeness (QED) is 0.0930. The summed E-state index contributed by atoms with van der Waals surface area (Å²) >= 11 is 14.3. The van der Waals surface area contributed by atoms with Gasteiger partial charge in [-0.3, -0.25) is 4.79 Å². The Labute approximate surface area is 283 Å². The van der Waals surface area contributed by atoms with Gasteiger partial charge in [0, 0.05) is 17.1 Å². The van der Waals surface area contributed by atoms with Crippen LogP contribution in [0.5, 0.6) is 0 Å². The van der Waals surface area contributed by atoms with E-state index in [9.17, 15) is 0 Å². The van der Waals surface area contributed by atoms with Crippen LogP contribution in [0.3, 0.4) is 0 Å². The van der Waals surface area contributed by atoms with E-state index in [0.29, 0.717) is 0 Å². The Morgan fingerprint density at radius 2 is 1.41 bits per heavy atom. The molecule has 0 spiro atoms. The van der Waals surface area contributed by atoms with Crippen molar-refractivity contribution in [3.05, 3.63) is 0 Å². The summed E-state index contributed by atoms with van der Waals surface area (Å²) in [5.41, 5.74) is 0. The number of carbonyl (C=O) groups is 1. The van der Waals surface area contributed by atoms with Crippen LogP contribution in [-0.4, -0.2) is 61.2 Å². The standard InChI is InChI=1S/C9H18ClN.C5H11N.C4H8BrCl.CH2O3.2K.H/c10-6-2-5-9-11-7-3-1-4-8-11;1-2-4-6-5-3-1;5-3-1-2-4-6;2-1-4-3;;;/h1-9H2;6H,1-5H2;1-4H2;1,3H;;;/q;;;;2*+1;-1/p-1. The molecule has 2 heterocycles. The van der Waals surface area contributed by atoms with E-state index in [-0.39, 0.29) is 111 Å². The molecule has 29 heavy (non-hydrogen) atoms. The Bertz CT molecular complexity index is 273. The molecule has 10 heteroatoms. The summed E-state index contributed by atoms with van der Waals surface area (Å²) in [5.74, 6) is 1.62. The van der Waals surface area contributed by atoms with Crippen molar-refractivity contribution in [3.63, 3.8) is 0 Å². The average molecular weight is 573 g/mol. The summed E-state index contributed by atoms with van der Waals surface area (Å²) in [4.78, 5) is 13.8. The zero-order valence-electron chi connectivity index (χ0n) is 19.6. The van der Waals surface area contributed by atoms with Gasteiger partial charge in [0.05, 0.1) is 0 Å². The number of carbonyl (C=O) groups excluding carboxylic acids is 1. The van der Waals surface area contributed by atoms with Gasteiger partial charge in [-0.1, -0.05) is 28.8 Å². The van der Waals surface area contributed by atoms with E-state index in [0.717, 1.165) is 23.5 Å². The maximum atomic E-state index is 8.64. The number of hydrogen-bond donors (Lipinski definition) is 1. The summed E-state index contributed by atoms with van der Waals surface area (Å²) in [6, 6.07) is 0. The van der Waals surface area contributed by atoms with Crippen LogP contribution in [0.2, 0.25) is 0 Å². The number of rotatable bonds is 8. The van der Waals surface area contributed by atoms with Gasteiger partial charge in [0.2, 0.25) is 0 Å². The zero-order chi connectivity index (χ0) is 20.4. The summed E-state index contributed by atoms with van der Waals surface area (Å²) in [6.45, 7) is 6.23. The molecule has 0 saturated carbocycles. The number of halogens is 3. The molecular formula is C19H39BrCl2K2N2O3. The van der Waals surface area contributed by atoms with Gasteiger partial charge in [-0.2, -0.15) is 0 Å². The fraction of sp³-hybridized carbons (Fsp3) is 0.947. The van der Waals surface area contributed by atoms with Crippen molar-refractivity contribution in [2.24, 2.45) is 0 Å². The van der Waals surface area contributed by atoms with Crippen molar-refractivity contribution in [1.82, 2.24) is 10.2 Å². The predicted octanol–water partition coefficient (Wildman–Crippen LogP) is -1.79. The van der Waals surface area contributed by atoms with Crippen molar-refractivity contribution in [1.29, 1.82) is 0 Å². The molecule has 2 saturated heterocycles. The van der Waals surface area contributed by atoms with Crippen LogP contribution in [0.25, 0.3) is 0 Å². The van der Waals surface area contributed by atoms with E-state index in [1.807, 2.05) is 0 Å². The van der Waals surface area contributed by atoms with E-state index < -0.39 is 0 Å². The van der Waals surface area contributed by atoms with Gasteiger partial charge in [-0.25, -0.2) is 0 Å². The molecule has 1 N–H and O–H groups in total. The molecule has 0 unspecified atom stereocenters. The second kappa shape index (κ2) is 38.9. The van der Waals surface area contributed by atoms with E-state index in [4.69, 9.17) is 33.3 Å². The van der Waals surface area contributed by atoms with Gasteiger partial charge in [-0.15, -0.1) is 23.2 Å². The average Bonchev–Trinajstić information content (AvgIpc) is 2.75. The minimum atomic E-state index is -0.181. The van der Waals surface area contributed by atoms with Crippen LogP contribution < -0.4 is 113 Å². The second-order valence-corrected chi connectivity index (χ2v) is 7.94. The smallest absolute Gasteiger partial charge is 1.00 e. The van der Waals surface area contributed by atoms with Gasteiger partial charge in [-0.05, 0) is 84.1 Å². The summed E-state index contributed by atoms with van der Waals surface area (Å²) in [6.07, 6.45) is 13.2. The van der Waals surface area contributed by atoms with E-state index in [2.05, 4.69) is 31.0 Å². The first-order valence-corrected chi connectivity index (χ1v) is 12.3. The molecule has 2 aliphatic heterocycles. The summed E-state index contributed by atoms with van der Waals surface area (Å²) in [7, 11) is 0. The normalized spacial score (nSPS) is 15.3. The third-order valence-corrected chi connectivity index (χ3v) is 5.17. The number of likely N-dealkylation sites (tertiary alicyclic amines) is 1. The Hall–Kier alpha value is 3.68. The van der Waals surface area contributed by atoms with Crippen LogP contribution in [0.4, 0.5) is 0 Å². The van der Waals surface area contributed by atoms with Crippen molar-refractivity contribution < 1.29 is 119 Å². The molecule has 2 fully saturated rings. The molecule has 166 valence electrons. The van der Waals surface area contributed by atoms with Gasteiger partial charge < -0.3 is 21.8 Å². The zero-order valence-corrected chi connectivity index (χ0v) is 28.0. The fourth-order valence-electron chi connectivity index (χ4n) is 2.60. The molecule has 5 nitrogen and oxygen atoms in total. The van der Waals surface area contributed by atoms with Crippen LogP contribution >= 0.6 is 39.1 Å². The number of unbranched alkanes of at least 4 members (excludes halogenated alkanes) is 2. The molecule has 0 amide bonds. The van der Waals surface area contributed by atoms with Crippen LogP contribution in [0.15, 0.2) is 0 Å².